The van der Waals surface area contributed by atoms with E-state index < -0.39 is 16.8 Å². The maximum absolute atomic E-state index is 11.3. The summed E-state index contributed by atoms with van der Waals surface area (Å²) >= 11 is 2.47. The van der Waals surface area contributed by atoms with Gasteiger partial charge in [-0.25, -0.2) is 0 Å². The van der Waals surface area contributed by atoms with Crippen LogP contribution in [0.4, 0.5) is 0 Å². The molecule has 0 bridgehead atoms. The molecule has 17 heavy (non-hydrogen) atoms. The van der Waals surface area contributed by atoms with E-state index in [0.717, 1.165) is 11.8 Å². The summed E-state index contributed by atoms with van der Waals surface area (Å²) in [4.78, 5) is 23.8. The van der Waals surface area contributed by atoms with Crippen molar-refractivity contribution in [1.82, 2.24) is 4.90 Å². The molecular formula is C9H9N2NaO3S2. The number of carboxylic acids is 1. The summed E-state index contributed by atoms with van der Waals surface area (Å²) in [5.41, 5.74) is 0. The van der Waals surface area contributed by atoms with Gasteiger partial charge in [-0.3, -0.25) is 4.79 Å². The van der Waals surface area contributed by atoms with Crippen LogP contribution in [0.2, 0.25) is 0 Å². The van der Waals surface area contributed by atoms with Crippen molar-refractivity contribution in [3.05, 3.63) is 0 Å². The molecule has 0 radical (unpaired) electrons. The van der Waals surface area contributed by atoms with Crippen LogP contribution in [0.5, 0.6) is 0 Å². The number of thiocyanates is 1. The number of amides is 1. The zero-order valence-electron chi connectivity index (χ0n) is 9.50. The fourth-order valence-electron chi connectivity index (χ4n) is 2.13. The second-order valence-corrected chi connectivity index (χ2v) is 6.46. The van der Waals surface area contributed by atoms with Gasteiger partial charge in [-0.05, 0) is 18.7 Å². The van der Waals surface area contributed by atoms with Gasteiger partial charge in [-0.1, -0.05) is 0 Å². The Hall–Kier alpha value is 0.130. The Labute approximate surface area is 130 Å². The minimum Gasteiger partial charge on any atom is -0.548 e. The summed E-state index contributed by atoms with van der Waals surface area (Å²) in [6.07, 6.45) is 0.390. The fraction of sp³-hybridized carbons (Fsp3) is 0.667. The van der Waals surface area contributed by atoms with Crippen LogP contribution >= 0.6 is 23.5 Å². The quantitative estimate of drug-likeness (QED) is 0.301. The summed E-state index contributed by atoms with van der Waals surface area (Å²) < 4.78 is -0.629. The molecule has 0 aromatic rings. The zero-order chi connectivity index (χ0) is 11.9. The molecule has 0 unspecified atom stereocenters. The summed E-state index contributed by atoms with van der Waals surface area (Å²) in [6, 6.07) is -0.912. The fourth-order valence-corrected chi connectivity index (χ4v) is 4.63. The van der Waals surface area contributed by atoms with E-state index in [-0.39, 0.29) is 40.8 Å². The van der Waals surface area contributed by atoms with Crippen molar-refractivity contribution in [2.45, 2.75) is 29.5 Å². The molecule has 8 heteroatoms. The number of thioether (sulfide) groups is 2. The second-order valence-electron chi connectivity index (χ2n) is 3.99. The smallest absolute Gasteiger partial charge is 0.548 e. The minimum absolute atomic E-state index is 0. The van der Waals surface area contributed by atoms with Gasteiger partial charge in [0.1, 0.15) is 5.40 Å². The Kier molecular flexibility index (Phi) is 4.83. The summed E-state index contributed by atoms with van der Waals surface area (Å²) in [5, 5.41) is 21.5. The molecule has 2 fully saturated rings. The minimum atomic E-state index is -1.23. The molecule has 5 nitrogen and oxygen atoms in total. The van der Waals surface area contributed by atoms with Crippen molar-refractivity contribution < 1.29 is 44.3 Å². The van der Waals surface area contributed by atoms with Crippen LogP contribution in [0.1, 0.15) is 13.3 Å². The number of nitriles is 1. The first-order valence-electron chi connectivity index (χ1n) is 4.70. The maximum atomic E-state index is 11.3. The number of carboxylic acid groups (broad SMARTS) is 1. The Morgan fingerprint density at radius 1 is 1.82 bits per heavy atom. The van der Waals surface area contributed by atoms with E-state index in [9.17, 15) is 14.7 Å². The molecule has 0 N–H and O–H groups in total. The molecule has 0 aliphatic carbocycles. The number of rotatable bonds is 3. The first kappa shape index (κ1) is 15.2. The third kappa shape index (κ3) is 2.47. The molecule has 0 aromatic carbocycles. The Bertz CT molecular complexity index is 400. The molecule has 2 aliphatic rings. The maximum Gasteiger partial charge on any atom is 1.00 e. The van der Waals surface area contributed by atoms with Gasteiger partial charge in [0.15, 0.2) is 0 Å². The largest absolute Gasteiger partial charge is 1.00 e. The Morgan fingerprint density at radius 3 is 2.94 bits per heavy atom. The van der Waals surface area contributed by atoms with Crippen molar-refractivity contribution in [2.75, 3.05) is 5.75 Å². The number of hydrogen-bond acceptors (Lipinski definition) is 6. The van der Waals surface area contributed by atoms with Crippen molar-refractivity contribution in [3.8, 4) is 5.40 Å². The van der Waals surface area contributed by atoms with Crippen molar-refractivity contribution in [1.29, 1.82) is 5.26 Å². The Morgan fingerprint density at radius 2 is 2.47 bits per heavy atom. The predicted molar refractivity (Wildman–Crippen MR) is 58.1 cm³/mol. The Balaban J connectivity index is 0.00000144. The van der Waals surface area contributed by atoms with E-state index in [1.54, 1.807) is 6.92 Å². The van der Waals surface area contributed by atoms with E-state index >= 15 is 0 Å². The van der Waals surface area contributed by atoms with Crippen LogP contribution in [0, 0.1) is 10.7 Å². The van der Waals surface area contributed by atoms with E-state index in [1.165, 1.54) is 16.7 Å². The number of fused-ring (bicyclic) bond motifs is 1. The molecule has 86 valence electrons. The molecule has 0 saturated carbocycles. The first-order valence-corrected chi connectivity index (χ1v) is 6.57. The average molecular weight is 280 g/mol. The first-order chi connectivity index (χ1) is 7.49. The topological polar surface area (TPSA) is 84.2 Å². The molecule has 1 amide bonds. The number of β-lactam (4-membered cyclic amide) rings is 1. The van der Waals surface area contributed by atoms with E-state index in [0.29, 0.717) is 12.2 Å². The standard InChI is InChI=1S/C9H10N2O3S2.Na/c1-9(3-15-4-10)7(8(13)14)11-5(12)2-6(11)16-9;/h6-7H,2-3H2,1H3,(H,13,14);/q;+1/p-1/t6-,7+,9+;/m1./s1. The number of carbonyl (C=O) groups excluding carboxylic acids is 2. The number of hydrogen-bond donors (Lipinski definition) is 0. The summed E-state index contributed by atoms with van der Waals surface area (Å²) in [6.45, 7) is 1.77. The van der Waals surface area contributed by atoms with Crippen LogP contribution in [0.3, 0.4) is 0 Å². The van der Waals surface area contributed by atoms with Gasteiger partial charge >= 0.3 is 29.6 Å². The zero-order valence-corrected chi connectivity index (χ0v) is 13.1. The molecule has 2 heterocycles. The SMILES string of the molecule is C[C@@]1(CSC#N)S[C@@H]2CC(=O)N2[C@H]1C(=O)[O-].[Na+]. The van der Waals surface area contributed by atoms with E-state index in [4.69, 9.17) is 5.26 Å². The van der Waals surface area contributed by atoms with Crippen LogP contribution in [0.25, 0.3) is 0 Å². The molecule has 0 spiro atoms. The third-order valence-corrected chi connectivity index (χ3v) is 5.48. The van der Waals surface area contributed by atoms with Gasteiger partial charge in [0.25, 0.3) is 0 Å². The van der Waals surface area contributed by atoms with Gasteiger partial charge < -0.3 is 14.8 Å². The summed E-state index contributed by atoms with van der Waals surface area (Å²) in [5.74, 6) is -0.992. The molecule has 0 aromatic heterocycles. The van der Waals surface area contributed by atoms with Gasteiger partial charge in [0.2, 0.25) is 5.91 Å². The van der Waals surface area contributed by atoms with Crippen LogP contribution in [-0.2, 0) is 9.59 Å². The third-order valence-electron chi connectivity index (χ3n) is 2.86. The van der Waals surface area contributed by atoms with Gasteiger partial charge in [-0.2, -0.15) is 5.26 Å². The molecule has 3 atom stereocenters. The van der Waals surface area contributed by atoms with Crippen molar-refractivity contribution in [3.63, 3.8) is 0 Å². The number of carbonyl (C=O) groups is 2. The van der Waals surface area contributed by atoms with E-state index in [1.807, 2.05) is 5.40 Å². The van der Waals surface area contributed by atoms with Crippen LogP contribution in [-0.4, -0.2) is 38.7 Å². The number of nitrogens with zero attached hydrogens (tertiary/aromatic N) is 2. The van der Waals surface area contributed by atoms with Gasteiger partial charge in [0.05, 0.1) is 28.6 Å². The normalized spacial score (nSPS) is 34.4. The second kappa shape index (κ2) is 5.41. The monoisotopic (exact) mass is 280 g/mol. The molecular weight excluding hydrogens is 271 g/mol. The number of aliphatic carboxylic acids is 1. The van der Waals surface area contributed by atoms with Crippen molar-refractivity contribution in [2.24, 2.45) is 0 Å². The van der Waals surface area contributed by atoms with Gasteiger partial charge in [-0.15, -0.1) is 11.8 Å². The molecule has 2 aliphatic heterocycles. The van der Waals surface area contributed by atoms with Gasteiger partial charge in [0, 0.05) is 5.75 Å². The average Bonchev–Trinajstić information content (AvgIpc) is 2.45. The van der Waals surface area contributed by atoms with Crippen LogP contribution < -0.4 is 34.7 Å². The predicted octanol–water partition coefficient (Wildman–Crippen LogP) is -3.61. The molecule has 2 saturated heterocycles. The van der Waals surface area contributed by atoms with Crippen molar-refractivity contribution >= 4 is 35.4 Å². The summed E-state index contributed by atoms with van der Waals surface area (Å²) in [7, 11) is 0. The van der Waals surface area contributed by atoms with E-state index in [2.05, 4.69) is 0 Å². The molecule has 2 rings (SSSR count). The van der Waals surface area contributed by atoms with Crippen LogP contribution in [0.15, 0.2) is 0 Å².